The molecule has 2 aromatic carbocycles. The number of esters is 1. The third-order valence-electron chi connectivity index (χ3n) is 10.8. The fourth-order valence-corrected chi connectivity index (χ4v) is 9.22. The van der Waals surface area contributed by atoms with E-state index in [1.54, 1.807) is 48.5 Å². The van der Waals surface area contributed by atoms with Crippen LogP contribution in [0.3, 0.4) is 0 Å². The standard InChI is InChI=1S/C18H20F2N2O2.C18H24N4O3S/c19-17(20)10-22-9-15(14-3-1-2-4-16(14)22)18(23)24-13-7-11-5-6-12(8-13)21-11;1-21-13-6-5-7-14(21)11-12(10-13)19-18(23)17-15-8-3-4-9-16(15)22(20-17)26(2,24)25/h1-4,9,11-13,17,21H,5-8,10H2;3-4,8-9,12-14H,5-7,10-11H2,1-2H3,(H,19,23)/t11-,12+,13?;12?,13-,14+. The van der Waals surface area contributed by atoms with Crippen LogP contribution in [0.15, 0.2) is 54.7 Å². The predicted octanol–water partition coefficient (Wildman–Crippen LogP) is 4.94. The number of amides is 1. The fraction of sp³-hybridized carbons (Fsp3) is 0.528. The number of rotatable bonds is 7. The molecule has 0 spiro atoms. The van der Waals surface area contributed by atoms with Crippen LogP contribution in [0.4, 0.5) is 8.78 Å². The molecule has 0 aliphatic carbocycles. The number of para-hydroxylation sites is 2. The summed E-state index contributed by atoms with van der Waals surface area (Å²) in [5.74, 6) is -0.707. The van der Waals surface area contributed by atoms with E-state index in [1.165, 1.54) is 30.0 Å². The maximum atomic E-state index is 12.9. The Hall–Kier alpha value is -3.88. The second-order valence-electron chi connectivity index (χ2n) is 14.3. The van der Waals surface area contributed by atoms with E-state index in [4.69, 9.17) is 4.74 Å². The van der Waals surface area contributed by atoms with E-state index >= 15 is 0 Å². The van der Waals surface area contributed by atoms with Gasteiger partial charge >= 0.3 is 5.97 Å². The van der Waals surface area contributed by atoms with E-state index in [0.29, 0.717) is 51.5 Å². The van der Waals surface area contributed by atoms with Gasteiger partial charge in [0.05, 0.1) is 23.9 Å². The molecule has 6 heterocycles. The molecule has 50 heavy (non-hydrogen) atoms. The van der Waals surface area contributed by atoms with Crippen molar-refractivity contribution in [3.8, 4) is 0 Å². The van der Waals surface area contributed by atoms with Crippen LogP contribution in [0.2, 0.25) is 0 Å². The van der Waals surface area contributed by atoms with Crippen molar-refractivity contribution in [1.82, 2.24) is 29.3 Å². The number of benzene rings is 2. The van der Waals surface area contributed by atoms with Crippen LogP contribution in [0.25, 0.3) is 21.8 Å². The second-order valence-corrected chi connectivity index (χ2v) is 16.1. The summed E-state index contributed by atoms with van der Waals surface area (Å²) in [5, 5.41) is 12.0. The highest BCUT2D eigenvalue weighted by Gasteiger charge is 2.38. The van der Waals surface area contributed by atoms with Crippen LogP contribution in [0.5, 0.6) is 0 Å². The number of alkyl halides is 2. The van der Waals surface area contributed by atoms with E-state index in [-0.39, 0.29) is 23.7 Å². The summed E-state index contributed by atoms with van der Waals surface area (Å²) < 4.78 is 57.7. The van der Waals surface area contributed by atoms with E-state index < -0.39 is 29.0 Å². The molecule has 4 aromatic rings. The Balaban J connectivity index is 0.000000157. The number of hydrogen-bond acceptors (Lipinski definition) is 8. The van der Waals surface area contributed by atoms with Crippen LogP contribution < -0.4 is 10.6 Å². The third-order valence-corrected chi connectivity index (χ3v) is 11.7. The summed E-state index contributed by atoms with van der Waals surface area (Å²) in [7, 11) is -1.40. The third kappa shape index (κ3) is 7.15. The monoisotopic (exact) mass is 710 g/mol. The number of piperidine rings is 3. The molecule has 14 heteroatoms. The van der Waals surface area contributed by atoms with Gasteiger partial charge < -0.3 is 24.8 Å². The van der Waals surface area contributed by atoms with E-state index in [1.807, 2.05) is 0 Å². The molecule has 6 atom stereocenters. The number of nitrogens with one attached hydrogen (secondary N) is 2. The molecule has 2 aromatic heterocycles. The smallest absolute Gasteiger partial charge is 0.340 e. The number of aromatic nitrogens is 3. The zero-order valence-electron chi connectivity index (χ0n) is 28.3. The van der Waals surface area contributed by atoms with Gasteiger partial charge in [-0.1, -0.05) is 42.8 Å². The van der Waals surface area contributed by atoms with Gasteiger partial charge in [-0.05, 0) is 70.5 Å². The first-order valence-electron chi connectivity index (χ1n) is 17.5. The normalized spacial score (nSPS) is 26.5. The summed E-state index contributed by atoms with van der Waals surface area (Å²) in [6, 6.07) is 16.0. The quantitative estimate of drug-likeness (QED) is 0.259. The highest BCUT2D eigenvalue weighted by molar-refractivity contribution is 7.89. The Labute approximate surface area is 290 Å². The van der Waals surface area contributed by atoms with Crippen molar-refractivity contribution >= 4 is 43.7 Å². The van der Waals surface area contributed by atoms with Crippen molar-refractivity contribution in [2.24, 2.45) is 0 Å². The van der Waals surface area contributed by atoms with Crippen LogP contribution >= 0.6 is 0 Å². The van der Waals surface area contributed by atoms with E-state index in [0.717, 1.165) is 48.9 Å². The Bertz CT molecular complexity index is 1970. The molecule has 2 N–H and O–H groups in total. The van der Waals surface area contributed by atoms with Gasteiger partial charge in [-0.2, -0.15) is 9.19 Å². The molecule has 8 rings (SSSR count). The Morgan fingerprint density at radius 2 is 1.56 bits per heavy atom. The minimum absolute atomic E-state index is 0.0894. The predicted molar refractivity (Wildman–Crippen MR) is 186 cm³/mol. The molecule has 11 nitrogen and oxygen atoms in total. The van der Waals surface area contributed by atoms with Crippen molar-refractivity contribution < 1.29 is 31.5 Å². The molecule has 4 aliphatic rings. The zero-order valence-corrected chi connectivity index (χ0v) is 29.1. The van der Waals surface area contributed by atoms with Crippen molar-refractivity contribution in [2.75, 3.05) is 13.3 Å². The lowest BCUT2D eigenvalue weighted by atomic mass is 9.82. The van der Waals surface area contributed by atoms with Gasteiger partial charge in [-0.3, -0.25) is 4.79 Å². The van der Waals surface area contributed by atoms with E-state index in [9.17, 15) is 26.8 Å². The van der Waals surface area contributed by atoms with Gasteiger partial charge in [-0.15, -0.1) is 0 Å². The van der Waals surface area contributed by atoms with Crippen LogP contribution in [0, 0.1) is 0 Å². The van der Waals surface area contributed by atoms with Crippen molar-refractivity contribution in [3.05, 3.63) is 66.0 Å². The first kappa shape index (κ1) is 34.6. The number of ether oxygens (including phenoxy) is 1. The molecule has 4 fully saturated rings. The Kier molecular flexibility index (Phi) is 9.70. The van der Waals surface area contributed by atoms with Crippen molar-refractivity contribution in [2.45, 2.75) is 107 Å². The molecule has 4 saturated heterocycles. The summed E-state index contributed by atoms with van der Waals surface area (Å²) in [5.41, 5.74) is 1.61. The number of carbonyl (C=O) groups is 2. The molecule has 4 aliphatic heterocycles. The highest BCUT2D eigenvalue weighted by Crippen LogP contribution is 2.33. The topological polar surface area (TPSA) is 128 Å². The Morgan fingerprint density at radius 3 is 2.20 bits per heavy atom. The zero-order chi connectivity index (χ0) is 35.2. The number of nitrogens with zero attached hydrogens (tertiary/aromatic N) is 4. The molecule has 1 amide bonds. The number of fused-ring (bicyclic) bond motifs is 6. The minimum atomic E-state index is -3.58. The second kappa shape index (κ2) is 14.0. The van der Waals surface area contributed by atoms with Crippen LogP contribution in [0.1, 0.15) is 78.6 Å². The minimum Gasteiger partial charge on any atom is -0.459 e. The number of halogens is 2. The first-order valence-corrected chi connectivity index (χ1v) is 19.3. The molecule has 0 saturated carbocycles. The summed E-state index contributed by atoms with van der Waals surface area (Å²) >= 11 is 0. The van der Waals surface area contributed by atoms with Crippen LogP contribution in [-0.4, -0.2) is 95.0 Å². The summed E-state index contributed by atoms with van der Waals surface area (Å²) in [6.07, 6.45) is 9.42. The molecule has 0 radical (unpaired) electrons. The highest BCUT2D eigenvalue weighted by atomic mass is 32.2. The summed E-state index contributed by atoms with van der Waals surface area (Å²) in [6.45, 7) is -0.425. The maximum Gasteiger partial charge on any atom is 0.340 e. The largest absolute Gasteiger partial charge is 0.459 e. The average molecular weight is 711 g/mol. The van der Waals surface area contributed by atoms with Crippen LogP contribution in [-0.2, 0) is 21.3 Å². The first-order chi connectivity index (χ1) is 23.9. The van der Waals surface area contributed by atoms with Gasteiger partial charge in [0, 0.05) is 52.7 Å². The van der Waals surface area contributed by atoms with Crippen molar-refractivity contribution in [3.63, 3.8) is 0 Å². The lowest BCUT2D eigenvalue weighted by Crippen LogP contribution is -2.55. The number of hydrogen-bond donors (Lipinski definition) is 2. The number of carbonyl (C=O) groups excluding carboxylic acids is 2. The molecule has 2 unspecified atom stereocenters. The molecule has 268 valence electrons. The Morgan fingerprint density at radius 1 is 0.940 bits per heavy atom. The average Bonchev–Trinajstić information content (AvgIpc) is 3.74. The summed E-state index contributed by atoms with van der Waals surface area (Å²) in [4.78, 5) is 27.9. The lowest BCUT2D eigenvalue weighted by Gasteiger charge is -2.47. The van der Waals surface area contributed by atoms with E-state index in [2.05, 4.69) is 27.7 Å². The van der Waals surface area contributed by atoms with Gasteiger partial charge in [0.2, 0.25) is 0 Å². The lowest BCUT2D eigenvalue weighted by molar-refractivity contribution is 0.0178. The maximum absolute atomic E-state index is 12.9. The van der Waals surface area contributed by atoms with Gasteiger partial charge in [0.1, 0.15) is 6.10 Å². The molecular weight excluding hydrogens is 666 g/mol. The van der Waals surface area contributed by atoms with Crippen molar-refractivity contribution in [1.29, 1.82) is 0 Å². The molecular formula is C36H44F2N6O5S. The van der Waals surface area contributed by atoms with Gasteiger partial charge in [-0.25, -0.2) is 22.0 Å². The molecule has 4 bridgehead atoms. The van der Waals surface area contributed by atoms with Gasteiger partial charge in [0.25, 0.3) is 22.4 Å². The fourth-order valence-electron chi connectivity index (χ4n) is 8.47. The SMILES string of the molecule is CN1[C@@H]2CCC[C@H]1CC(NC(=O)c1nn(S(C)(=O)=O)c3ccccc13)C2.O=C(OC1C[C@H]2CC[C@@H](C1)N2)c1cn(CC(F)F)c2ccccc12. The van der Waals surface area contributed by atoms with Gasteiger partial charge in [0.15, 0.2) is 5.69 Å².